The highest BCUT2D eigenvalue weighted by Gasteiger charge is 2.43. The van der Waals surface area contributed by atoms with Crippen LogP contribution in [-0.2, 0) is 30.5 Å². The summed E-state index contributed by atoms with van der Waals surface area (Å²) in [5, 5.41) is 11.9. The molecule has 284 valence electrons. The van der Waals surface area contributed by atoms with Gasteiger partial charge in [-0.3, -0.25) is 4.90 Å². The molecule has 0 fully saturated rings. The van der Waals surface area contributed by atoms with Gasteiger partial charge in [0.2, 0.25) is 5.75 Å². The summed E-state index contributed by atoms with van der Waals surface area (Å²) in [7, 11) is 10.8. The number of carboxylic acid groups (broad SMARTS) is 1. The summed E-state index contributed by atoms with van der Waals surface area (Å²) in [6.07, 6.45) is 2.84. The fourth-order valence-electron chi connectivity index (χ4n) is 8.12. The standard InChI is InChI=1S/C41H46N2O8.2ClH/c1-42-16-13-27-22-34(47-4)36-24-30(27)31(42)19-25-7-10-29(11-8-25)50-35-21-26(9-12-33(35)46-3)20-32-39-28(14-17-43(32,2)18-15-38(44)45)23-37(48-5)40(49-6)41(39)51-36;;/h7-12,21-24,31-32H,13-20H2,1-6H3;2*1H. The number of methoxy groups -OCH3 is 4. The molecule has 4 aromatic carbocycles. The van der Waals surface area contributed by atoms with Crippen molar-refractivity contribution in [1.29, 1.82) is 0 Å². The molecule has 3 unspecified atom stereocenters. The van der Waals surface area contributed by atoms with Crippen molar-refractivity contribution in [3.05, 3.63) is 94.0 Å². The van der Waals surface area contributed by atoms with Crippen LogP contribution in [0.2, 0.25) is 0 Å². The monoisotopic (exact) mass is 766 g/mol. The lowest BCUT2D eigenvalue weighted by Crippen LogP contribution is -2.53. The van der Waals surface area contributed by atoms with Gasteiger partial charge in [0.05, 0.1) is 54.1 Å². The Morgan fingerprint density at radius 2 is 1.49 bits per heavy atom. The maximum atomic E-state index is 11.9. The maximum Gasteiger partial charge on any atom is 0.204 e. The highest BCUT2D eigenvalue weighted by Crippen LogP contribution is 2.53. The molecule has 4 aromatic rings. The van der Waals surface area contributed by atoms with E-state index in [1.165, 1.54) is 16.7 Å². The number of hydrogen-bond donors (Lipinski definition) is 0. The molecule has 0 saturated carbocycles. The molecule has 0 aromatic heterocycles. The number of nitrogens with zero attached hydrogens (tertiary/aromatic N) is 2. The first-order valence-electron chi connectivity index (χ1n) is 17.5. The molecule has 0 N–H and O–H groups in total. The van der Waals surface area contributed by atoms with Crippen LogP contribution >= 0.6 is 24.8 Å². The number of benzene rings is 4. The van der Waals surface area contributed by atoms with Gasteiger partial charge in [0, 0.05) is 37.8 Å². The number of likely N-dealkylation sites (N-methyl/N-ethyl adjacent to an activating group) is 2. The third-order valence-electron chi connectivity index (χ3n) is 11.1. The van der Waals surface area contributed by atoms with Crippen LogP contribution in [-0.4, -0.2) is 77.5 Å². The van der Waals surface area contributed by atoms with Crippen molar-refractivity contribution in [2.24, 2.45) is 0 Å². The average molecular weight is 768 g/mol. The lowest BCUT2D eigenvalue weighted by molar-refractivity contribution is -0.941. The molecule has 10 nitrogen and oxygen atoms in total. The zero-order valence-electron chi connectivity index (χ0n) is 31.1. The minimum atomic E-state index is -1.08. The van der Waals surface area contributed by atoms with Gasteiger partial charge in [-0.05, 0) is 90.2 Å². The number of rotatable bonds is 7. The molecule has 0 saturated heterocycles. The number of carbonyl (C=O) groups is 1. The number of fused-ring (bicyclic) bond motifs is 2. The minimum Gasteiger partial charge on any atom is -0.550 e. The predicted molar refractivity (Wildman–Crippen MR) is 205 cm³/mol. The average Bonchev–Trinajstić information content (AvgIpc) is 3.13. The molecule has 0 aliphatic carbocycles. The van der Waals surface area contributed by atoms with Crippen LogP contribution in [0.5, 0.6) is 46.0 Å². The molecule has 4 aliphatic rings. The molecule has 0 radical (unpaired) electrons. The smallest absolute Gasteiger partial charge is 0.204 e. The molecule has 4 heterocycles. The fraction of sp³-hybridized carbons (Fsp3) is 0.390. The number of halogens is 2. The Morgan fingerprint density at radius 1 is 0.811 bits per heavy atom. The first kappa shape index (κ1) is 39.8. The van der Waals surface area contributed by atoms with Gasteiger partial charge in [0.1, 0.15) is 11.8 Å². The molecule has 0 amide bonds. The molecular weight excluding hydrogens is 719 g/mol. The molecule has 8 rings (SSSR count). The second-order valence-electron chi connectivity index (χ2n) is 14.0. The van der Waals surface area contributed by atoms with E-state index in [-0.39, 0.29) is 43.3 Å². The van der Waals surface area contributed by atoms with E-state index in [2.05, 4.69) is 43.3 Å². The van der Waals surface area contributed by atoms with Gasteiger partial charge in [-0.15, -0.1) is 24.8 Å². The van der Waals surface area contributed by atoms with Crippen LogP contribution in [0.25, 0.3) is 0 Å². The van der Waals surface area contributed by atoms with Crippen LogP contribution in [0.3, 0.4) is 0 Å². The summed E-state index contributed by atoms with van der Waals surface area (Å²) in [5.74, 6) is 3.64. The van der Waals surface area contributed by atoms with Gasteiger partial charge in [-0.1, -0.05) is 18.2 Å². The van der Waals surface area contributed by atoms with Crippen LogP contribution < -0.4 is 33.5 Å². The summed E-state index contributed by atoms with van der Waals surface area (Å²) in [5.41, 5.74) is 6.60. The Hall–Kier alpha value is -4.35. The Morgan fingerprint density at radius 3 is 2.17 bits per heavy atom. The summed E-state index contributed by atoms with van der Waals surface area (Å²) in [6.45, 7) is 2.00. The van der Waals surface area contributed by atoms with Crippen LogP contribution in [0.15, 0.2) is 60.7 Å². The van der Waals surface area contributed by atoms with Gasteiger partial charge in [-0.25, -0.2) is 0 Å². The SMILES string of the molecule is COc1ccc2cc1Oc1ccc(cc1)CC1c3cc(c(OC)cc3CCN1C)Oc1c(OC)c(OC)cc3c1C(C2)[N+](C)(CCC(=O)[O-])CC3.Cl.Cl. The summed E-state index contributed by atoms with van der Waals surface area (Å²) >= 11 is 0. The number of quaternary nitrogens is 1. The largest absolute Gasteiger partial charge is 0.550 e. The number of aliphatic carboxylic acids is 1. The van der Waals surface area contributed by atoms with E-state index < -0.39 is 5.97 Å². The quantitative estimate of drug-likeness (QED) is 0.191. The van der Waals surface area contributed by atoms with Crippen molar-refractivity contribution in [3.8, 4) is 46.0 Å². The number of carbonyl (C=O) groups excluding carboxylic acids is 1. The Labute approximate surface area is 323 Å². The first-order valence-corrected chi connectivity index (χ1v) is 17.5. The van der Waals surface area contributed by atoms with Gasteiger partial charge >= 0.3 is 0 Å². The topological polar surface area (TPSA) is 98.8 Å². The third kappa shape index (κ3) is 7.69. The second kappa shape index (κ2) is 16.3. The molecule has 6 bridgehead atoms. The summed E-state index contributed by atoms with van der Waals surface area (Å²) in [4.78, 5) is 14.3. The zero-order chi connectivity index (χ0) is 35.9. The molecule has 53 heavy (non-hydrogen) atoms. The number of ether oxygens (including phenoxy) is 6. The highest BCUT2D eigenvalue weighted by atomic mass is 35.5. The van der Waals surface area contributed by atoms with Crippen molar-refractivity contribution in [1.82, 2.24) is 4.90 Å². The van der Waals surface area contributed by atoms with Gasteiger partial charge < -0.3 is 42.8 Å². The van der Waals surface area contributed by atoms with E-state index in [9.17, 15) is 9.90 Å². The third-order valence-corrected chi connectivity index (χ3v) is 11.1. The van der Waals surface area contributed by atoms with Crippen molar-refractivity contribution < 1.29 is 42.8 Å². The molecular formula is C41H48Cl2N2O8. The van der Waals surface area contributed by atoms with Gasteiger partial charge in [-0.2, -0.15) is 0 Å². The van der Waals surface area contributed by atoms with E-state index >= 15 is 0 Å². The van der Waals surface area contributed by atoms with Crippen LogP contribution in [0, 0.1) is 0 Å². The van der Waals surface area contributed by atoms with E-state index in [1.54, 1.807) is 28.4 Å². The Balaban J connectivity index is 0.00000271. The molecule has 3 atom stereocenters. The molecule has 0 spiro atoms. The predicted octanol–water partition coefficient (Wildman–Crippen LogP) is 6.66. The van der Waals surface area contributed by atoms with E-state index in [1.807, 2.05) is 36.4 Å². The van der Waals surface area contributed by atoms with Crippen molar-refractivity contribution in [3.63, 3.8) is 0 Å². The summed E-state index contributed by atoms with van der Waals surface area (Å²) < 4.78 is 37.7. The normalized spacial score (nSPS) is 20.1. The lowest BCUT2D eigenvalue weighted by Gasteiger charge is -2.46. The van der Waals surface area contributed by atoms with Crippen molar-refractivity contribution >= 4 is 30.8 Å². The van der Waals surface area contributed by atoms with Gasteiger partial charge in [0.15, 0.2) is 34.5 Å². The van der Waals surface area contributed by atoms with E-state index in [4.69, 9.17) is 28.4 Å². The molecule has 4 aliphatic heterocycles. The second-order valence-corrected chi connectivity index (χ2v) is 14.0. The fourth-order valence-corrected chi connectivity index (χ4v) is 8.12. The van der Waals surface area contributed by atoms with Crippen LogP contribution in [0.1, 0.15) is 51.9 Å². The lowest BCUT2D eigenvalue weighted by atomic mass is 9.85. The highest BCUT2D eigenvalue weighted by molar-refractivity contribution is 5.85. The first-order chi connectivity index (χ1) is 24.6. The number of carboxylic acids is 1. The maximum absolute atomic E-state index is 11.9. The summed E-state index contributed by atoms with van der Waals surface area (Å²) in [6, 6.07) is 20.4. The Kier molecular flexibility index (Phi) is 12.3. The Bertz CT molecular complexity index is 1960. The van der Waals surface area contributed by atoms with E-state index in [0.29, 0.717) is 76.4 Å². The van der Waals surface area contributed by atoms with Gasteiger partial charge in [0.25, 0.3) is 0 Å². The minimum absolute atomic E-state index is 0. The van der Waals surface area contributed by atoms with Crippen LogP contribution in [0.4, 0.5) is 0 Å². The molecule has 12 heteroatoms. The zero-order valence-corrected chi connectivity index (χ0v) is 32.7. The van der Waals surface area contributed by atoms with Crippen molar-refractivity contribution in [2.75, 3.05) is 62.2 Å². The van der Waals surface area contributed by atoms with Crippen molar-refractivity contribution in [2.45, 2.75) is 44.2 Å². The number of hydrogen-bond acceptors (Lipinski definition) is 9. The van der Waals surface area contributed by atoms with E-state index in [0.717, 1.165) is 36.1 Å².